The molecule has 0 spiro atoms. The minimum Gasteiger partial charge on any atom is -0.371 e. The highest BCUT2D eigenvalue weighted by molar-refractivity contribution is 7.91. The van der Waals surface area contributed by atoms with Crippen LogP contribution in [0.3, 0.4) is 0 Å². The highest BCUT2D eigenvalue weighted by atomic mass is 32.2. The van der Waals surface area contributed by atoms with Gasteiger partial charge in [0, 0.05) is 32.2 Å². The molecular formula is C17H23N5O3S2. The Morgan fingerprint density at radius 2 is 2.04 bits per heavy atom. The lowest BCUT2D eigenvalue weighted by Crippen LogP contribution is -2.34. The van der Waals surface area contributed by atoms with E-state index in [4.69, 9.17) is 0 Å². The van der Waals surface area contributed by atoms with Crippen molar-refractivity contribution in [2.45, 2.75) is 37.6 Å². The van der Waals surface area contributed by atoms with Crippen LogP contribution in [0.15, 0.2) is 28.6 Å². The molecule has 8 nitrogen and oxygen atoms in total. The lowest BCUT2D eigenvalue weighted by atomic mass is 9.99. The molecule has 2 N–H and O–H groups in total. The monoisotopic (exact) mass is 409 g/mol. The number of nitrogens with one attached hydrogen (secondary N) is 2. The number of nitrogens with zero attached hydrogens (tertiary/aromatic N) is 3. The molecule has 0 radical (unpaired) electrons. The smallest absolute Gasteiger partial charge is 0.270 e. The molecule has 1 aliphatic rings. The van der Waals surface area contributed by atoms with E-state index in [0.29, 0.717) is 5.92 Å². The van der Waals surface area contributed by atoms with Crippen LogP contribution >= 0.6 is 11.3 Å². The molecular weight excluding hydrogens is 386 g/mol. The molecule has 10 heteroatoms. The van der Waals surface area contributed by atoms with Crippen LogP contribution in [0.25, 0.3) is 0 Å². The van der Waals surface area contributed by atoms with E-state index in [9.17, 15) is 13.2 Å². The van der Waals surface area contributed by atoms with Gasteiger partial charge >= 0.3 is 0 Å². The first kappa shape index (κ1) is 19.7. The highest BCUT2D eigenvalue weighted by Gasteiger charge is 2.20. The highest BCUT2D eigenvalue weighted by Crippen LogP contribution is 2.24. The van der Waals surface area contributed by atoms with Crippen molar-refractivity contribution in [3.05, 3.63) is 29.8 Å². The fraction of sp³-hybridized carbons (Fsp3) is 0.471. The second kappa shape index (κ2) is 8.32. The van der Waals surface area contributed by atoms with Gasteiger partial charge in [-0.3, -0.25) is 4.79 Å². The molecule has 27 heavy (non-hydrogen) atoms. The Balaban J connectivity index is 1.60. The largest absolute Gasteiger partial charge is 0.371 e. The van der Waals surface area contributed by atoms with Crippen LogP contribution in [0, 0.1) is 5.92 Å². The number of piperidine rings is 1. The van der Waals surface area contributed by atoms with Crippen molar-refractivity contribution in [3.8, 4) is 0 Å². The molecule has 2 heterocycles. The van der Waals surface area contributed by atoms with Crippen LogP contribution < -0.4 is 14.9 Å². The van der Waals surface area contributed by atoms with E-state index in [2.05, 4.69) is 32.1 Å². The van der Waals surface area contributed by atoms with Crippen molar-refractivity contribution in [1.29, 1.82) is 0 Å². The molecule has 0 saturated carbocycles. The van der Waals surface area contributed by atoms with Gasteiger partial charge in [0.15, 0.2) is 0 Å². The summed E-state index contributed by atoms with van der Waals surface area (Å²) in [6.45, 7) is 5.86. The molecule has 1 saturated heterocycles. The van der Waals surface area contributed by atoms with Gasteiger partial charge in [-0.05, 0) is 36.5 Å². The number of carbonyl (C=O) groups excluding carboxylic acids is 1. The van der Waals surface area contributed by atoms with E-state index >= 15 is 0 Å². The molecule has 1 aromatic heterocycles. The summed E-state index contributed by atoms with van der Waals surface area (Å²) >= 11 is 0.813. The number of aromatic nitrogens is 2. The Morgan fingerprint density at radius 1 is 1.30 bits per heavy atom. The maximum absolute atomic E-state index is 12.3. The Kier molecular flexibility index (Phi) is 6.08. The Labute approximate surface area is 163 Å². The molecule has 2 aromatic rings. The van der Waals surface area contributed by atoms with E-state index in [1.54, 1.807) is 0 Å². The van der Waals surface area contributed by atoms with Gasteiger partial charge in [-0.25, -0.2) is 13.1 Å². The van der Waals surface area contributed by atoms with Gasteiger partial charge in [-0.15, -0.1) is 10.2 Å². The van der Waals surface area contributed by atoms with Crippen LogP contribution in [0.2, 0.25) is 0 Å². The standard InChI is InChI=1S/C17H23N5O3S2/c1-12-4-3-9-22(11-12)15-7-5-14(6-8-15)10-18-27(24,25)17-21-20-16(26-17)19-13(2)23/h5-8,12,18H,3-4,9-11H2,1-2H3,(H,19,20,23). The van der Waals surface area contributed by atoms with Gasteiger partial charge in [-0.1, -0.05) is 30.4 Å². The van der Waals surface area contributed by atoms with Gasteiger partial charge in [-0.2, -0.15) is 0 Å². The Hall–Kier alpha value is -2.04. The zero-order valence-corrected chi connectivity index (χ0v) is 16.9. The summed E-state index contributed by atoms with van der Waals surface area (Å²) in [7, 11) is -3.78. The van der Waals surface area contributed by atoms with E-state index < -0.39 is 10.0 Å². The number of amides is 1. The van der Waals surface area contributed by atoms with Crippen LogP contribution in [0.5, 0.6) is 0 Å². The van der Waals surface area contributed by atoms with Crippen LogP contribution in [-0.2, 0) is 21.4 Å². The molecule has 3 rings (SSSR count). The molecule has 146 valence electrons. The third-order valence-corrected chi connectivity index (χ3v) is 6.95. The lowest BCUT2D eigenvalue weighted by molar-refractivity contribution is -0.114. The predicted molar refractivity (Wildman–Crippen MR) is 105 cm³/mol. The SMILES string of the molecule is CC(=O)Nc1nnc(S(=O)(=O)NCc2ccc(N3CCCC(C)C3)cc2)s1. The quantitative estimate of drug-likeness (QED) is 0.709. The summed E-state index contributed by atoms with van der Waals surface area (Å²) in [5.74, 6) is 0.366. The van der Waals surface area contributed by atoms with Gasteiger partial charge < -0.3 is 10.2 Å². The molecule has 0 aliphatic carbocycles. The number of benzene rings is 1. The third-order valence-electron chi connectivity index (χ3n) is 4.34. The lowest BCUT2D eigenvalue weighted by Gasteiger charge is -2.32. The number of rotatable bonds is 6. The number of sulfonamides is 1. The van der Waals surface area contributed by atoms with Gasteiger partial charge in [0.25, 0.3) is 10.0 Å². The van der Waals surface area contributed by atoms with Gasteiger partial charge in [0.1, 0.15) is 0 Å². The van der Waals surface area contributed by atoms with Crippen molar-refractivity contribution in [2.24, 2.45) is 5.92 Å². The van der Waals surface area contributed by atoms with Gasteiger partial charge in [0.2, 0.25) is 15.4 Å². The summed E-state index contributed by atoms with van der Waals surface area (Å²) < 4.78 is 27.0. The fourth-order valence-electron chi connectivity index (χ4n) is 3.01. The predicted octanol–water partition coefficient (Wildman–Crippen LogP) is 2.21. The first-order chi connectivity index (χ1) is 12.8. The number of anilines is 2. The molecule has 1 aliphatic heterocycles. The normalized spacial score (nSPS) is 17.7. The molecule has 1 unspecified atom stereocenters. The molecule has 1 aromatic carbocycles. The summed E-state index contributed by atoms with van der Waals surface area (Å²) in [6, 6.07) is 7.92. The first-order valence-corrected chi connectivity index (χ1v) is 11.1. The molecule has 0 bridgehead atoms. The van der Waals surface area contributed by atoms with Gasteiger partial charge in [0.05, 0.1) is 0 Å². The minimum atomic E-state index is -3.78. The maximum Gasteiger partial charge on any atom is 0.270 e. The maximum atomic E-state index is 12.3. The zero-order valence-electron chi connectivity index (χ0n) is 15.3. The summed E-state index contributed by atoms with van der Waals surface area (Å²) in [5, 5.41) is 9.87. The summed E-state index contributed by atoms with van der Waals surface area (Å²) in [6.07, 6.45) is 2.47. The van der Waals surface area contributed by atoms with E-state index in [1.807, 2.05) is 24.3 Å². The summed E-state index contributed by atoms with van der Waals surface area (Å²) in [5.41, 5.74) is 2.02. The first-order valence-electron chi connectivity index (χ1n) is 8.78. The Morgan fingerprint density at radius 3 is 2.70 bits per heavy atom. The summed E-state index contributed by atoms with van der Waals surface area (Å²) in [4.78, 5) is 13.4. The Bertz CT molecular complexity index is 896. The average molecular weight is 410 g/mol. The van der Waals surface area contributed by atoms with Crippen molar-refractivity contribution >= 4 is 38.1 Å². The van der Waals surface area contributed by atoms with E-state index in [-0.39, 0.29) is 21.9 Å². The van der Waals surface area contributed by atoms with Crippen molar-refractivity contribution in [3.63, 3.8) is 0 Å². The van der Waals surface area contributed by atoms with E-state index in [1.165, 1.54) is 19.8 Å². The fourth-order valence-corrected chi connectivity index (χ4v) is 5.01. The van der Waals surface area contributed by atoms with Crippen molar-refractivity contribution in [2.75, 3.05) is 23.3 Å². The van der Waals surface area contributed by atoms with E-state index in [0.717, 1.165) is 35.7 Å². The molecule has 1 fully saturated rings. The van der Waals surface area contributed by atoms with Crippen molar-refractivity contribution < 1.29 is 13.2 Å². The molecule has 1 amide bonds. The number of carbonyl (C=O) groups is 1. The molecule has 1 atom stereocenters. The van der Waals surface area contributed by atoms with Crippen LogP contribution in [0.1, 0.15) is 32.3 Å². The number of hydrogen-bond donors (Lipinski definition) is 2. The van der Waals surface area contributed by atoms with Crippen LogP contribution in [0.4, 0.5) is 10.8 Å². The minimum absolute atomic E-state index is 0.156. The second-order valence-corrected chi connectivity index (χ2v) is 9.66. The third kappa shape index (κ3) is 5.24. The topological polar surface area (TPSA) is 104 Å². The second-order valence-electron chi connectivity index (χ2n) is 6.74. The average Bonchev–Trinajstić information content (AvgIpc) is 3.09. The van der Waals surface area contributed by atoms with Crippen LogP contribution in [-0.4, -0.2) is 37.6 Å². The number of hydrogen-bond acceptors (Lipinski definition) is 7. The van der Waals surface area contributed by atoms with Crippen molar-refractivity contribution in [1.82, 2.24) is 14.9 Å². The zero-order chi connectivity index (χ0) is 19.4.